The molecule has 0 fully saturated rings. The van der Waals surface area contributed by atoms with E-state index in [0.29, 0.717) is 0 Å². The zero-order valence-corrected chi connectivity index (χ0v) is 22.2. The van der Waals surface area contributed by atoms with Crippen molar-refractivity contribution in [2.45, 2.75) is 0 Å². The molecule has 4 aromatic carbocycles. The van der Waals surface area contributed by atoms with Crippen molar-refractivity contribution in [1.29, 1.82) is 0 Å². The van der Waals surface area contributed by atoms with Gasteiger partial charge in [-0.1, -0.05) is 22.0 Å². The molecule has 0 saturated heterocycles. The number of nitrogens with zero attached hydrogens (tertiary/aromatic N) is 2. The number of ether oxygens (including phenoxy) is 2. The number of benzene rings is 4. The summed E-state index contributed by atoms with van der Waals surface area (Å²) in [6.07, 6.45) is 0. The summed E-state index contributed by atoms with van der Waals surface area (Å²) in [5.41, 5.74) is 6.70. The lowest BCUT2D eigenvalue weighted by Gasteiger charge is -2.26. The van der Waals surface area contributed by atoms with Gasteiger partial charge >= 0.3 is 0 Å². The number of halogens is 1. The quantitative estimate of drug-likeness (QED) is 0.205. The van der Waals surface area contributed by atoms with Gasteiger partial charge in [0.05, 0.1) is 30.0 Å². The lowest BCUT2D eigenvalue weighted by atomic mass is 10.1. The van der Waals surface area contributed by atoms with E-state index in [0.717, 1.165) is 38.7 Å². The van der Waals surface area contributed by atoms with E-state index in [-0.39, 0.29) is 0 Å². The van der Waals surface area contributed by atoms with Crippen LogP contribution in [0.5, 0.6) is 11.5 Å². The average Bonchev–Trinajstić information content (AvgIpc) is 3.51. The monoisotopic (exact) mass is 554 g/mol. The Morgan fingerprint density at radius 3 is 1.78 bits per heavy atom. The van der Waals surface area contributed by atoms with Gasteiger partial charge in [0.25, 0.3) is 0 Å². The number of hydrogen-bond acceptors (Lipinski definition) is 4. The maximum Gasteiger partial charge on any atom is 0.119 e. The van der Waals surface area contributed by atoms with E-state index in [1.165, 1.54) is 21.1 Å². The number of aromatic nitrogens is 1. The van der Waals surface area contributed by atoms with Crippen LogP contribution in [0.25, 0.3) is 26.8 Å². The van der Waals surface area contributed by atoms with Crippen LogP contribution in [-0.4, -0.2) is 18.8 Å². The van der Waals surface area contributed by atoms with Gasteiger partial charge in [0.2, 0.25) is 0 Å². The molecule has 178 valence electrons. The first-order chi connectivity index (χ1) is 17.7. The van der Waals surface area contributed by atoms with Crippen molar-refractivity contribution in [2.75, 3.05) is 19.1 Å². The molecule has 36 heavy (non-hydrogen) atoms. The van der Waals surface area contributed by atoms with Gasteiger partial charge in [-0.15, -0.1) is 11.3 Å². The van der Waals surface area contributed by atoms with Gasteiger partial charge in [0.1, 0.15) is 11.5 Å². The Bertz CT molecular complexity index is 1610. The summed E-state index contributed by atoms with van der Waals surface area (Å²) in [5, 5.41) is 3.43. The molecule has 0 aliphatic carbocycles. The molecule has 4 nitrogen and oxygen atoms in total. The van der Waals surface area contributed by atoms with Crippen molar-refractivity contribution in [3.8, 4) is 17.2 Å². The normalized spacial score (nSPS) is 11.2. The number of thiophene rings is 1. The molecule has 6 rings (SSSR count). The smallest absolute Gasteiger partial charge is 0.119 e. The van der Waals surface area contributed by atoms with Gasteiger partial charge in [-0.25, -0.2) is 0 Å². The summed E-state index contributed by atoms with van der Waals surface area (Å²) < 4.78 is 15.5. The molecule has 0 radical (unpaired) electrons. The molecule has 2 aromatic heterocycles. The molecule has 6 heteroatoms. The fourth-order valence-electron chi connectivity index (χ4n) is 4.63. The summed E-state index contributed by atoms with van der Waals surface area (Å²) >= 11 is 5.43. The minimum atomic E-state index is 0.828. The van der Waals surface area contributed by atoms with Gasteiger partial charge in [0, 0.05) is 32.6 Å². The van der Waals surface area contributed by atoms with E-state index >= 15 is 0 Å². The van der Waals surface area contributed by atoms with Crippen LogP contribution in [0, 0.1) is 0 Å². The van der Waals surface area contributed by atoms with Crippen molar-refractivity contribution < 1.29 is 9.47 Å². The Morgan fingerprint density at radius 1 is 0.667 bits per heavy atom. The van der Waals surface area contributed by atoms with Crippen LogP contribution < -0.4 is 14.4 Å². The first-order valence-electron chi connectivity index (χ1n) is 11.5. The van der Waals surface area contributed by atoms with Crippen LogP contribution in [0.15, 0.2) is 107 Å². The SMILES string of the molecule is COc1ccc(N(c2ccc(OC)cc2)c2ccc(-n3c4cc(Br)ccc4c4sccc43)cc2)cc1. The van der Waals surface area contributed by atoms with Gasteiger partial charge < -0.3 is 18.9 Å². The zero-order chi connectivity index (χ0) is 24.6. The molecular formula is C30H23BrN2O2S. The van der Waals surface area contributed by atoms with Gasteiger partial charge in [-0.2, -0.15) is 0 Å². The van der Waals surface area contributed by atoms with Gasteiger partial charge in [0.15, 0.2) is 0 Å². The maximum absolute atomic E-state index is 5.38. The van der Waals surface area contributed by atoms with Crippen LogP contribution >= 0.6 is 27.3 Å². The zero-order valence-electron chi connectivity index (χ0n) is 19.8. The molecule has 0 spiro atoms. The summed E-state index contributed by atoms with van der Waals surface area (Å²) in [5.74, 6) is 1.66. The first-order valence-corrected chi connectivity index (χ1v) is 13.2. The number of hydrogen-bond donors (Lipinski definition) is 0. The van der Waals surface area contributed by atoms with Gasteiger partial charge in [-0.3, -0.25) is 0 Å². The Balaban J connectivity index is 1.46. The minimum Gasteiger partial charge on any atom is -0.497 e. The van der Waals surface area contributed by atoms with Crippen LogP contribution in [0.1, 0.15) is 0 Å². The molecule has 2 heterocycles. The standard InChI is InChI=1S/C30H23BrN2O2S/c1-34-25-12-8-22(9-13-25)32(23-10-14-26(35-2)15-11-23)21-4-6-24(7-5-21)33-28-17-18-36-30(28)27-16-3-20(31)19-29(27)33/h3-19H,1-2H3. The Labute approximate surface area is 222 Å². The fraction of sp³-hybridized carbons (Fsp3) is 0.0667. The second-order valence-corrected chi connectivity index (χ2v) is 10.2. The lowest BCUT2D eigenvalue weighted by molar-refractivity contribution is 0.415. The molecule has 0 unspecified atom stereocenters. The van der Waals surface area contributed by atoms with Gasteiger partial charge in [-0.05, 0) is 96.4 Å². The number of fused-ring (bicyclic) bond motifs is 3. The molecule has 0 N–H and O–H groups in total. The molecule has 6 aromatic rings. The average molecular weight is 555 g/mol. The number of rotatable bonds is 6. The van der Waals surface area contributed by atoms with Crippen LogP contribution in [0.4, 0.5) is 17.1 Å². The highest BCUT2D eigenvalue weighted by Gasteiger charge is 2.16. The topological polar surface area (TPSA) is 26.6 Å². The predicted octanol–water partition coefficient (Wildman–Crippen LogP) is 9.09. The maximum atomic E-state index is 5.38. The highest BCUT2D eigenvalue weighted by atomic mass is 79.9. The van der Waals surface area contributed by atoms with E-state index in [9.17, 15) is 0 Å². The Hall–Kier alpha value is -3.74. The van der Waals surface area contributed by atoms with Crippen molar-refractivity contribution >= 4 is 65.4 Å². The van der Waals surface area contributed by atoms with E-state index in [4.69, 9.17) is 9.47 Å². The molecule has 0 amide bonds. The van der Waals surface area contributed by atoms with Crippen LogP contribution in [-0.2, 0) is 0 Å². The summed E-state index contributed by atoms with van der Waals surface area (Å²) in [6.45, 7) is 0. The summed E-state index contributed by atoms with van der Waals surface area (Å²) in [4.78, 5) is 2.23. The molecule has 0 bridgehead atoms. The molecule has 0 atom stereocenters. The van der Waals surface area contributed by atoms with E-state index < -0.39 is 0 Å². The first kappa shape index (κ1) is 22.7. The molecule has 0 aliphatic heterocycles. The second-order valence-electron chi connectivity index (χ2n) is 8.38. The van der Waals surface area contributed by atoms with Crippen molar-refractivity contribution in [2.24, 2.45) is 0 Å². The minimum absolute atomic E-state index is 0.828. The van der Waals surface area contributed by atoms with Crippen molar-refractivity contribution in [3.05, 3.63) is 107 Å². The Kier molecular flexibility index (Phi) is 5.91. The second kappa shape index (κ2) is 9.37. The number of anilines is 3. The van der Waals surface area contributed by atoms with Crippen LogP contribution in [0.2, 0.25) is 0 Å². The highest BCUT2D eigenvalue weighted by Crippen LogP contribution is 2.39. The fourth-order valence-corrected chi connectivity index (χ4v) is 5.89. The van der Waals surface area contributed by atoms with Crippen LogP contribution in [0.3, 0.4) is 0 Å². The lowest BCUT2D eigenvalue weighted by Crippen LogP contribution is -2.10. The van der Waals surface area contributed by atoms with E-state index in [2.05, 4.69) is 104 Å². The summed E-state index contributed by atoms with van der Waals surface area (Å²) in [6, 6.07) is 33.6. The molecule has 0 saturated carbocycles. The van der Waals surface area contributed by atoms with E-state index in [1.807, 2.05) is 24.3 Å². The molecular weight excluding hydrogens is 532 g/mol. The molecule has 0 aliphatic rings. The third-order valence-electron chi connectivity index (χ3n) is 6.36. The highest BCUT2D eigenvalue weighted by molar-refractivity contribution is 9.10. The van der Waals surface area contributed by atoms with E-state index in [1.54, 1.807) is 25.6 Å². The largest absolute Gasteiger partial charge is 0.497 e. The Morgan fingerprint density at radius 2 is 1.22 bits per heavy atom. The van der Waals surface area contributed by atoms with Crippen molar-refractivity contribution in [3.63, 3.8) is 0 Å². The third-order valence-corrected chi connectivity index (χ3v) is 7.79. The van der Waals surface area contributed by atoms with Crippen molar-refractivity contribution in [1.82, 2.24) is 4.57 Å². The summed E-state index contributed by atoms with van der Waals surface area (Å²) in [7, 11) is 3.37. The predicted molar refractivity (Wildman–Crippen MR) is 154 cm³/mol. The third kappa shape index (κ3) is 3.92. The number of methoxy groups -OCH3 is 2.